The Hall–Kier alpha value is -1.63. The highest BCUT2D eigenvalue weighted by Gasteiger charge is 2.25. The summed E-state index contributed by atoms with van der Waals surface area (Å²) >= 11 is 0. The van der Waals surface area contributed by atoms with Gasteiger partial charge in [0.15, 0.2) is 0 Å². The van der Waals surface area contributed by atoms with Gasteiger partial charge in [-0.2, -0.15) is 0 Å². The predicted octanol–water partition coefficient (Wildman–Crippen LogP) is -0.410. The van der Waals surface area contributed by atoms with Crippen molar-refractivity contribution in [3.63, 3.8) is 0 Å². The first kappa shape index (κ1) is 18.4. The van der Waals surface area contributed by atoms with Crippen LogP contribution in [-0.4, -0.2) is 48.3 Å². The monoisotopic (exact) mass is 312 g/mol. The van der Waals surface area contributed by atoms with E-state index < -0.39 is 6.04 Å². The number of nitrogens with one attached hydrogen (secondary N) is 1. The zero-order valence-electron chi connectivity index (χ0n) is 13.5. The molecule has 0 spiro atoms. The fourth-order valence-corrected chi connectivity index (χ4v) is 2.57. The molecule has 1 rings (SSSR count). The molecule has 0 radical (unpaired) electrons. The average Bonchev–Trinajstić information content (AvgIpc) is 2.49. The Labute approximate surface area is 131 Å². The van der Waals surface area contributed by atoms with Crippen LogP contribution in [0.2, 0.25) is 0 Å². The molecule has 1 saturated heterocycles. The molecule has 22 heavy (non-hydrogen) atoms. The minimum Gasteiger partial charge on any atom is -0.370 e. The van der Waals surface area contributed by atoms with Gasteiger partial charge in [-0.05, 0) is 31.1 Å². The first-order valence-electron chi connectivity index (χ1n) is 7.90. The number of hydrogen-bond acceptors (Lipinski definition) is 4. The summed E-state index contributed by atoms with van der Waals surface area (Å²) in [4.78, 5) is 36.5. The Morgan fingerprint density at radius 2 is 2.00 bits per heavy atom. The van der Waals surface area contributed by atoms with Crippen molar-refractivity contribution >= 4 is 17.7 Å². The summed E-state index contributed by atoms with van der Waals surface area (Å²) < 4.78 is 0. The van der Waals surface area contributed by atoms with Crippen LogP contribution in [0.1, 0.15) is 39.5 Å². The van der Waals surface area contributed by atoms with Crippen LogP contribution in [0.4, 0.5) is 0 Å². The molecular formula is C15H28N4O3. The van der Waals surface area contributed by atoms with Crippen molar-refractivity contribution in [2.75, 3.05) is 19.6 Å². The molecule has 0 aromatic heterocycles. The lowest BCUT2D eigenvalue weighted by molar-refractivity contribution is -0.134. The van der Waals surface area contributed by atoms with Crippen LogP contribution in [0.5, 0.6) is 0 Å². The lowest BCUT2D eigenvalue weighted by Crippen LogP contribution is -2.49. The first-order chi connectivity index (χ1) is 10.3. The van der Waals surface area contributed by atoms with Gasteiger partial charge in [0.1, 0.15) is 0 Å². The maximum Gasteiger partial charge on any atom is 0.241 e. The molecule has 1 heterocycles. The number of rotatable bonds is 7. The number of amides is 3. The van der Waals surface area contributed by atoms with Crippen LogP contribution >= 0.6 is 0 Å². The van der Waals surface area contributed by atoms with Crippen LogP contribution in [0, 0.1) is 11.8 Å². The minimum atomic E-state index is -0.600. The predicted molar refractivity (Wildman–Crippen MR) is 83.6 cm³/mol. The van der Waals surface area contributed by atoms with E-state index in [-0.39, 0.29) is 30.2 Å². The first-order valence-corrected chi connectivity index (χ1v) is 7.90. The highest BCUT2D eigenvalue weighted by molar-refractivity contribution is 5.87. The third kappa shape index (κ3) is 6.01. The fraction of sp³-hybridized carbons (Fsp3) is 0.800. The second kappa shape index (κ2) is 8.73. The maximum atomic E-state index is 12.2. The maximum absolute atomic E-state index is 12.2. The van der Waals surface area contributed by atoms with E-state index in [1.54, 1.807) is 4.90 Å². The lowest BCUT2D eigenvalue weighted by Gasteiger charge is -2.33. The number of nitrogens with two attached hydrogens (primary N) is 2. The molecule has 0 saturated carbocycles. The molecule has 7 nitrogen and oxygen atoms in total. The topological polar surface area (TPSA) is 119 Å². The smallest absolute Gasteiger partial charge is 0.241 e. The number of carbonyl (C=O) groups excluding carboxylic acids is 3. The molecule has 1 aliphatic heterocycles. The molecule has 1 aliphatic rings. The van der Waals surface area contributed by atoms with Gasteiger partial charge < -0.3 is 21.7 Å². The van der Waals surface area contributed by atoms with Gasteiger partial charge in [0, 0.05) is 19.5 Å². The van der Waals surface area contributed by atoms with Gasteiger partial charge in [-0.25, -0.2) is 0 Å². The summed E-state index contributed by atoms with van der Waals surface area (Å²) in [6.45, 7) is 5.01. The third-order valence-electron chi connectivity index (χ3n) is 4.11. The van der Waals surface area contributed by atoms with Crippen molar-refractivity contribution in [1.82, 2.24) is 10.2 Å². The summed E-state index contributed by atoms with van der Waals surface area (Å²) in [7, 11) is 0. The van der Waals surface area contributed by atoms with E-state index in [2.05, 4.69) is 5.32 Å². The SMILES string of the molecule is CC(C)[C@H](N)C(=O)NCC(=O)N1CCCC(CCC(N)=O)C1. The normalized spacial score (nSPS) is 19.8. The molecular weight excluding hydrogens is 284 g/mol. The third-order valence-corrected chi connectivity index (χ3v) is 4.11. The summed E-state index contributed by atoms with van der Waals surface area (Å²) in [5, 5.41) is 2.60. The van der Waals surface area contributed by atoms with E-state index in [1.807, 2.05) is 13.8 Å². The van der Waals surface area contributed by atoms with Crippen molar-refractivity contribution in [2.45, 2.75) is 45.6 Å². The fourth-order valence-electron chi connectivity index (χ4n) is 2.57. The number of piperidine rings is 1. The average molecular weight is 312 g/mol. The Kier molecular flexibility index (Phi) is 7.31. The van der Waals surface area contributed by atoms with Gasteiger partial charge in [-0.15, -0.1) is 0 Å². The molecule has 5 N–H and O–H groups in total. The van der Waals surface area contributed by atoms with Crippen molar-refractivity contribution in [3.8, 4) is 0 Å². The summed E-state index contributed by atoms with van der Waals surface area (Å²) in [5.74, 6) is -0.376. The Morgan fingerprint density at radius 3 is 2.59 bits per heavy atom. The number of hydrogen-bond donors (Lipinski definition) is 3. The van der Waals surface area contributed by atoms with Crippen LogP contribution in [0.25, 0.3) is 0 Å². The molecule has 0 aromatic rings. The number of likely N-dealkylation sites (tertiary alicyclic amines) is 1. The van der Waals surface area contributed by atoms with E-state index >= 15 is 0 Å². The lowest BCUT2D eigenvalue weighted by atomic mass is 9.93. The van der Waals surface area contributed by atoms with Crippen molar-refractivity contribution < 1.29 is 14.4 Å². The van der Waals surface area contributed by atoms with Gasteiger partial charge in [0.25, 0.3) is 0 Å². The van der Waals surface area contributed by atoms with Gasteiger partial charge in [-0.1, -0.05) is 13.8 Å². The minimum absolute atomic E-state index is 0.0260. The van der Waals surface area contributed by atoms with Crippen molar-refractivity contribution in [1.29, 1.82) is 0 Å². The van der Waals surface area contributed by atoms with Gasteiger partial charge in [0.2, 0.25) is 17.7 Å². The van der Waals surface area contributed by atoms with Crippen LogP contribution in [0.3, 0.4) is 0 Å². The summed E-state index contributed by atoms with van der Waals surface area (Å²) in [5.41, 5.74) is 10.9. The van der Waals surface area contributed by atoms with E-state index in [9.17, 15) is 14.4 Å². The van der Waals surface area contributed by atoms with Gasteiger partial charge in [-0.3, -0.25) is 14.4 Å². The second-order valence-electron chi connectivity index (χ2n) is 6.34. The van der Waals surface area contributed by atoms with Gasteiger partial charge in [0.05, 0.1) is 12.6 Å². The molecule has 126 valence electrons. The molecule has 7 heteroatoms. The molecule has 1 fully saturated rings. The molecule has 0 aromatic carbocycles. The molecule has 0 bridgehead atoms. The number of nitrogens with zero attached hydrogens (tertiary/aromatic N) is 1. The van der Waals surface area contributed by atoms with Crippen LogP contribution in [-0.2, 0) is 14.4 Å². The largest absolute Gasteiger partial charge is 0.370 e. The van der Waals surface area contributed by atoms with Gasteiger partial charge >= 0.3 is 0 Å². The number of primary amides is 1. The summed E-state index contributed by atoms with van der Waals surface area (Å²) in [6.07, 6.45) is 2.98. The molecule has 0 aliphatic carbocycles. The highest BCUT2D eigenvalue weighted by atomic mass is 16.2. The molecule has 1 unspecified atom stereocenters. The van der Waals surface area contributed by atoms with E-state index in [4.69, 9.17) is 11.5 Å². The number of carbonyl (C=O) groups is 3. The van der Waals surface area contributed by atoms with Crippen molar-refractivity contribution in [3.05, 3.63) is 0 Å². The quantitative estimate of drug-likeness (QED) is 0.592. The Bertz CT molecular complexity index is 412. The molecule has 3 amide bonds. The van der Waals surface area contributed by atoms with E-state index in [0.717, 1.165) is 12.8 Å². The van der Waals surface area contributed by atoms with E-state index in [0.29, 0.717) is 31.8 Å². The highest BCUT2D eigenvalue weighted by Crippen LogP contribution is 2.20. The zero-order chi connectivity index (χ0) is 16.7. The van der Waals surface area contributed by atoms with Crippen molar-refractivity contribution in [2.24, 2.45) is 23.3 Å². The standard InChI is InChI=1S/C15H28N4O3/c1-10(2)14(17)15(22)18-8-13(21)19-7-3-4-11(9-19)5-6-12(16)20/h10-11,14H,3-9,17H2,1-2H3,(H2,16,20)(H,18,22)/t11?,14-/m0/s1. The van der Waals surface area contributed by atoms with E-state index in [1.165, 1.54) is 0 Å². The molecule has 2 atom stereocenters. The van der Waals surface area contributed by atoms with Crippen LogP contribution < -0.4 is 16.8 Å². The Balaban J connectivity index is 2.38. The summed E-state index contributed by atoms with van der Waals surface area (Å²) in [6, 6.07) is -0.600. The Morgan fingerprint density at radius 1 is 1.32 bits per heavy atom. The second-order valence-corrected chi connectivity index (χ2v) is 6.34. The zero-order valence-corrected chi connectivity index (χ0v) is 13.5. The van der Waals surface area contributed by atoms with Crippen LogP contribution in [0.15, 0.2) is 0 Å².